The van der Waals surface area contributed by atoms with Gasteiger partial charge in [-0.3, -0.25) is 19.7 Å². The number of hydrogen-bond acceptors (Lipinski definition) is 4. The lowest BCUT2D eigenvalue weighted by molar-refractivity contribution is -0.384. The first-order valence-corrected chi connectivity index (χ1v) is 7.78. The van der Waals surface area contributed by atoms with E-state index in [-0.39, 0.29) is 21.9 Å². The molecule has 7 heteroatoms. The van der Waals surface area contributed by atoms with Gasteiger partial charge in [-0.2, -0.15) is 0 Å². The molecule has 0 unspecified atom stereocenters. The standard InChI is InChI=1S/C19H15N3O4/c1-21-17(12-14-7-9-15(10-8-14)22(25)26)18(23)20-16(19(21)24)11-13-5-3-2-4-6-13/h2-12H,1H3,(H,20,23). The SMILES string of the molecule is Cn1c(=O)c(=Cc2ccccc2)[nH]c(=O)c1=Cc1ccc([N+](=O)[O-])cc1. The van der Waals surface area contributed by atoms with E-state index in [4.69, 9.17) is 0 Å². The average molecular weight is 349 g/mol. The van der Waals surface area contributed by atoms with E-state index in [1.54, 1.807) is 6.08 Å². The zero-order valence-electron chi connectivity index (χ0n) is 13.9. The summed E-state index contributed by atoms with van der Waals surface area (Å²) in [6.07, 6.45) is 3.12. The van der Waals surface area contributed by atoms with Gasteiger partial charge in [-0.15, -0.1) is 0 Å². The summed E-state index contributed by atoms with van der Waals surface area (Å²) in [7, 11) is 1.51. The van der Waals surface area contributed by atoms with Gasteiger partial charge in [-0.1, -0.05) is 30.3 Å². The summed E-state index contributed by atoms with van der Waals surface area (Å²) < 4.78 is 1.26. The molecular formula is C19H15N3O4. The highest BCUT2D eigenvalue weighted by Gasteiger charge is 2.04. The molecule has 0 radical (unpaired) electrons. The molecule has 0 aliphatic heterocycles. The highest BCUT2D eigenvalue weighted by Crippen LogP contribution is 2.11. The van der Waals surface area contributed by atoms with Gasteiger partial charge in [-0.25, -0.2) is 0 Å². The lowest BCUT2D eigenvalue weighted by atomic mass is 10.2. The van der Waals surface area contributed by atoms with Crippen molar-refractivity contribution >= 4 is 17.8 Å². The van der Waals surface area contributed by atoms with Crippen LogP contribution in [-0.4, -0.2) is 14.5 Å². The second-order valence-corrected chi connectivity index (χ2v) is 5.67. The molecule has 2 aromatic carbocycles. The molecule has 3 rings (SSSR count). The summed E-state index contributed by atoms with van der Waals surface area (Å²) in [5, 5.41) is 11.0. The molecule has 0 spiro atoms. The van der Waals surface area contributed by atoms with Crippen molar-refractivity contribution in [2.24, 2.45) is 7.05 Å². The van der Waals surface area contributed by atoms with Gasteiger partial charge >= 0.3 is 0 Å². The number of hydrogen-bond donors (Lipinski definition) is 1. The van der Waals surface area contributed by atoms with E-state index < -0.39 is 10.5 Å². The Labute approximate surface area is 147 Å². The van der Waals surface area contributed by atoms with Crippen LogP contribution >= 0.6 is 0 Å². The van der Waals surface area contributed by atoms with Crippen LogP contribution < -0.4 is 21.8 Å². The summed E-state index contributed by atoms with van der Waals surface area (Å²) in [5.74, 6) is 0. The van der Waals surface area contributed by atoms with Gasteiger partial charge in [0.15, 0.2) is 0 Å². The fraction of sp³-hybridized carbons (Fsp3) is 0.0526. The molecule has 1 aromatic heterocycles. The summed E-state index contributed by atoms with van der Waals surface area (Å²) in [5.41, 5.74) is 0.565. The molecule has 7 nitrogen and oxygen atoms in total. The van der Waals surface area contributed by atoms with Gasteiger partial charge in [0.1, 0.15) is 10.7 Å². The number of aromatic amines is 1. The number of nitro benzene ring substituents is 1. The normalized spacial score (nSPS) is 12.3. The van der Waals surface area contributed by atoms with Crippen LogP contribution in [0.15, 0.2) is 64.2 Å². The number of non-ortho nitro benzene ring substituents is 1. The quantitative estimate of drug-likeness (QED) is 0.554. The van der Waals surface area contributed by atoms with Crippen LogP contribution in [0.5, 0.6) is 0 Å². The Bertz CT molecular complexity index is 1190. The molecule has 3 aromatic rings. The maximum atomic E-state index is 12.5. The minimum absolute atomic E-state index is 0.0437. The largest absolute Gasteiger partial charge is 0.316 e. The Morgan fingerprint density at radius 2 is 1.58 bits per heavy atom. The van der Waals surface area contributed by atoms with Crippen molar-refractivity contribution in [1.29, 1.82) is 0 Å². The fourth-order valence-corrected chi connectivity index (χ4v) is 2.51. The summed E-state index contributed by atoms with van der Waals surface area (Å²) in [4.78, 5) is 37.7. The lowest BCUT2D eigenvalue weighted by Crippen LogP contribution is -2.52. The molecule has 0 saturated carbocycles. The van der Waals surface area contributed by atoms with E-state index in [9.17, 15) is 19.7 Å². The summed E-state index contributed by atoms with van der Waals surface area (Å²) in [6.45, 7) is 0. The third kappa shape index (κ3) is 3.51. The molecule has 0 bridgehead atoms. The third-order valence-corrected chi connectivity index (χ3v) is 3.90. The first kappa shape index (κ1) is 17.1. The number of aromatic nitrogens is 2. The molecule has 130 valence electrons. The number of nitrogens with zero attached hydrogens (tertiary/aromatic N) is 2. The number of nitro groups is 1. The van der Waals surface area contributed by atoms with E-state index in [0.717, 1.165) is 5.56 Å². The average Bonchev–Trinajstić information content (AvgIpc) is 2.64. The van der Waals surface area contributed by atoms with Crippen LogP contribution in [0.2, 0.25) is 0 Å². The van der Waals surface area contributed by atoms with E-state index in [1.807, 2.05) is 30.3 Å². The highest BCUT2D eigenvalue weighted by atomic mass is 16.6. The predicted molar refractivity (Wildman–Crippen MR) is 98.2 cm³/mol. The van der Waals surface area contributed by atoms with Crippen molar-refractivity contribution in [3.8, 4) is 0 Å². The molecule has 0 fully saturated rings. The Morgan fingerprint density at radius 3 is 2.19 bits per heavy atom. The van der Waals surface area contributed by atoms with E-state index in [1.165, 1.54) is 42.0 Å². The van der Waals surface area contributed by atoms with Crippen molar-refractivity contribution in [2.75, 3.05) is 0 Å². The van der Waals surface area contributed by atoms with Crippen LogP contribution in [0.4, 0.5) is 5.69 Å². The molecule has 1 heterocycles. The number of nitrogens with one attached hydrogen (secondary N) is 1. The number of rotatable bonds is 3. The Hall–Kier alpha value is -3.74. The molecule has 0 aliphatic rings. The highest BCUT2D eigenvalue weighted by molar-refractivity contribution is 5.51. The van der Waals surface area contributed by atoms with Gasteiger partial charge in [0, 0.05) is 19.2 Å². The van der Waals surface area contributed by atoms with Gasteiger partial charge in [0.25, 0.3) is 16.8 Å². The third-order valence-electron chi connectivity index (χ3n) is 3.90. The van der Waals surface area contributed by atoms with Crippen LogP contribution in [0.3, 0.4) is 0 Å². The topological polar surface area (TPSA) is 98.0 Å². The van der Waals surface area contributed by atoms with Crippen LogP contribution in [-0.2, 0) is 7.05 Å². The Balaban J connectivity index is 2.14. The predicted octanol–water partition coefficient (Wildman–Crippen LogP) is 0.639. The summed E-state index contributed by atoms with van der Waals surface area (Å²) >= 11 is 0. The van der Waals surface area contributed by atoms with E-state index in [2.05, 4.69) is 4.98 Å². The van der Waals surface area contributed by atoms with Crippen molar-refractivity contribution < 1.29 is 4.92 Å². The zero-order chi connectivity index (χ0) is 18.7. The Kier molecular flexibility index (Phi) is 4.62. The second kappa shape index (κ2) is 7.02. The molecule has 0 amide bonds. The smallest absolute Gasteiger partial charge is 0.274 e. The first-order valence-electron chi connectivity index (χ1n) is 7.78. The minimum atomic E-state index is -0.499. The molecular weight excluding hydrogens is 334 g/mol. The maximum Gasteiger partial charge on any atom is 0.274 e. The van der Waals surface area contributed by atoms with Crippen molar-refractivity contribution in [1.82, 2.24) is 9.55 Å². The molecule has 0 saturated heterocycles. The van der Waals surface area contributed by atoms with Crippen molar-refractivity contribution in [2.45, 2.75) is 0 Å². The van der Waals surface area contributed by atoms with Crippen LogP contribution in [0.1, 0.15) is 11.1 Å². The van der Waals surface area contributed by atoms with Crippen LogP contribution in [0, 0.1) is 10.1 Å². The maximum absolute atomic E-state index is 12.5. The monoisotopic (exact) mass is 349 g/mol. The van der Waals surface area contributed by atoms with Gasteiger partial charge in [0.05, 0.1) is 4.92 Å². The van der Waals surface area contributed by atoms with Crippen molar-refractivity contribution in [3.05, 3.63) is 107 Å². The molecule has 1 N–H and O–H groups in total. The minimum Gasteiger partial charge on any atom is -0.316 e. The Morgan fingerprint density at radius 1 is 0.962 bits per heavy atom. The lowest BCUT2D eigenvalue weighted by Gasteiger charge is -2.00. The number of H-pyrrole nitrogens is 1. The van der Waals surface area contributed by atoms with Crippen molar-refractivity contribution in [3.63, 3.8) is 0 Å². The molecule has 0 atom stereocenters. The first-order chi connectivity index (χ1) is 12.5. The van der Waals surface area contributed by atoms with Crippen LogP contribution in [0.25, 0.3) is 12.2 Å². The van der Waals surface area contributed by atoms with Gasteiger partial charge in [-0.05, 0) is 35.4 Å². The van der Waals surface area contributed by atoms with Gasteiger partial charge < -0.3 is 9.55 Å². The van der Waals surface area contributed by atoms with E-state index >= 15 is 0 Å². The summed E-state index contributed by atoms with van der Waals surface area (Å²) in [6, 6.07) is 14.9. The van der Waals surface area contributed by atoms with Gasteiger partial charge in [0.2, 0.25) is 0 Å². The second-order valence-electron chi connectivity index (χ2n) is 5.67. The fourth-order valence-electron chi connectivity index (χ4n) is 2.51. The molecule has 0 aliphatic carbocycles. The van der Waals surface area contributed by atoms with E-state index in [0.29, 0.717) is 5.56 Å². The number of benzene rings is 2. The molecule has 26 heavy (non-hydrogen) atoms. The zero-order valence-corrected chi connectivity index (χ0v) is 13.9.